The number of rotatable bonds is 4. The Hall–Kier alpha value is -2.88. The third kappa shape index (κ3) is 3.65. The molecule has 1 N–H and O–H groups in total. The summed E-state index contributed by atoms with van der Waals surface area (Å²) in [6.07, 6.45) is 0. The smallest absolute Gasteiger partial charge is 0.337 e. The fourth-order valence-electron chi connectivity index (χ4n) is 3.39. The Labute approximate surface area is 159 Å². The SMILES string of the molecule is COC(=O)c1ccc(-c2cc(=O)c3cc(C(C)C)c(C(C)C)cc3[nH]2)cc1. The van der Waals surface area contributed by atoms with Crippen LogP contribution in [0, 0.1) is 0 Å². The monoisotopic (exact) mass is 363 g/mol. The molecule has 0 atom stereocenters. The van der Waals surface area contributed by atoms with Crippen molar-refractivity contribution >= 4 is 16.9 Å². The topological polar surface area (TPSA) is 59.2 Å². The molecule has 0 bridgehead atoms. The summed E-state index contributed by atoms with van der Waals surface area (Å²) in [6.45, 7) is 8.64. The molecule has 0 aliphatic carbocycles. The lowest BCUT2D eigenvalue weighted by Gasteiger charge is -2.17. The second-order valence-corrected chi connectivity index (χ2v) is 7.45. The summed E-state index contributed by atoms with van der Waals surface area (Å²) >= 11 is 0. The van der Waals surface area contributed by atoms with E-state index in [0.29, 0.717) is 22.8 Å². The van der Waals surface area contributed by atoms with E-state index in [1.54, 1.807) is 18.2 Å². The largest absolute Gasteiger partial charge is 0.465 e. The van der Waals surface area contributed by atoms with Gasteiger partial charge in [0.1, 0.15) is 0 Å². The van der Waals surface area contributed by atoms with Gasteiger partial charge in [-0.15, -0.1) is 0 Å². The number of ether oxygens (including phenoxy) is 1. The molecule has 0 spiro atoms. The van der Waals surface area contributed by atoms with Gasteiger partial charge >= 0.3 is 5.97 Å². The zero-order valence-corrected chi connectivity index (χ0v) is 16.4. The number of methoxy groups -OCH3 is 1. The van der Waals surface area contributed by atoms with Crippen molar-refractivity contribution in [3.63, 3.8) is 0 Å². The summed E-state index contributed by atoms with van der Waals surface area (Å²) in [6, 6.07) is 12.8. The highest BCUT2D eigenvalue weighted by molar-refractivity contribution is 5.90. The van der Waals surface area contributed by atoms with Gasteiger partial charge in [0.05, 0.1) is 18.2 Å². The van der Waals surface area contributed by atoms with Gasteiger partial charge in [-0.05, 0) is 52.8 Å². The zero-order chi connectivity index (χ0) is 19.7. The van der Waals surface area contributed by atoms with Crippen LogP contribution in [-0.4, -0.2) is 18.1 Å². The van der Waals surface area contributed by atoms with Crippen LogP contribution in [0.1, 0.15) is 61.0 Å². The number of carbonyl (C=O) groups excluding carboxylic acids is 1. The number of aromatic amines is 1. The molecule has 0 radical (unpaired) electrons. The van der Waals surface area contributed by atoms with Crippen LogP contribution in [0.15, 0.2) is 47.3 Å². The molecule has 27 heavy (non-hydrogen) atoms. The van der Waals surface area contributed by atoms with Crippen molar-refractivity contribution in [2.75, 3.05) is 7.11 Å². The van der Waals surface area contributed by atoms with Crippen molar-refractivity contribution in [1.29, 1.82) is 0 Å². The molecule has 0 saturated heterocycles. The summed E-state index contributed by atoms with van der Waals surface area (Å²) in [5.74, 6) is 0.353. The van der Waals surface area contributed by atoms with Gasteiger partial charge in [0, 0.05) is 17.1 Å². The minimum Gasteiger partial charge on any atom is -0.465 e. The van der Waals surface area contributed by atoms with Crippen molar-refractivity contribution in [2.24, 2.45) is 0 Å². The average Bonchev–Trinajstić information content (AvgIpc) is 2.66. The average molecular weight is 363 g/mol. The van der Waals surface area contributed by atoms with E-state index in [-0.39, 0.29) is 11.4 Å². The minimum atomic E-state index is -0.378. The van der Waals surface area contributed by atoms with Crippen molar-refractivity contribution in [2.45, 2.75) is 39.5 Å². The van der Waals surface area contributed by atoms with Crippen LogP contribution in [-0.2, 0) is 4.74 Å². The molecule has 3 aromatic rings. The molecule has 0 unspecified atom stereocenters. The maximum absolute atomic E-state index is 12.8. The van der Waals surface area contributed by atoms with E-state index in [1.807, 2.05) is 18.2 Å². The quantitative estimate of drug-likeness (QED) is 0.646. The van der Waals surface area contributed by atoms with Crippen LogP contribution >= 0.6 is 0 Å². The lowest BCUT2D eigenvalue weighted by molar-refractivity contribution is 0.0601. The number of pyridine rings is 1. The normalized spacial score (nSPS) is 11.4. The van der Waals surface area contributed by atoms with Crippen molar-refractivity contribution in [1.82, 2.24) is 4.98 Å². The van der Waals surface area contributed by atoms with Crippen LogP contribution in [0.5, 0.6) is 0 Å². The Kier molecular flexibility index (Phi) is 5.17. The molecule has 4 heteroatoms. The number of benzene rings is 2. The molecule has 1 heterocycles. The highest BCUT2D eigenvalue weighted by atomic mass is 16.5. The fourth-order valence-corrected chi connectivity index (χ4v) is 3.39. The van der Waals surface area contributed by atoms with Crippen molar-refractivity contribution < 1.29 is 9.53 Å². The molecule has 140 valence electrons. The predicted molar refractivity (Wildman–Crippen MR) is 110 cm³/mol. The van der Waals surface area contributed by atoms with Gasteiger partial charge in [-0.25, -0.2) is 4.79 Å². The number of hydrogen-bond acceptors (Lipinski definition) is 3. The van der Waals surface area contributed by atoms with Gasteiger partial charge < -0.3 is 9.72 Å². The van der Waals surface area contributed by atoms with Gasteiger partial charge in [-0.1, -0.05) is 39.8 Å². The molecule has 2 aromatic carbocycles. The lowest BCUT2D eigenvalue weighted by atomic mass is 9.89. The van der Waals surface area contributed by atoms with Gasteiger partial charge in [0.2, 0.25) is 0 Å². The summed E-state index contributed by atoms with van der Waals surface area (Å²) in [5.41, 5.74) is 5.37. The van der Waals surface area contributed by atoms with Crippen LogP contribution < -0.4 is 5.43 Å². The number of H-pyrrole nitrogens is 1. The maximum Gasteiger partial charge on any atom is 0.337 e. The van der Waals surface area contributed by atoms with Gasteiger partial charge in [-0.3, -0.25) is 4.79 Å². The van der Waals surface area contributed by atoms with Gasteiger partial charge in [0.15, 0.2) is 5.43 Å². The van der Waals surface area contributed by atoms with Crippen LogP contribution in [0.3, 0.4) is 0 Å². The molecule has 0 saturated carbocycles. The third-order valence-corrected chi connectivity index (χ3v) is 4.89. The molecule has 4 nitrogen and oxygen atoms in total. The number of aromatic nitrogens is 1. The zero-order valence-electron chi connectivity index (χ0n) is 16.4. The Morgan fingerprint density at radius 3 is 2.07 bits per heavy atom. The predicted octanol–water partition coefficient (Wildman–Crippen LogP) is 5.23. The van der Waals surface area contributed by atoms with E-state index in [1.165, 1.54) is 18.2 Å². The van der Waals surface area contributed by atoms with Crippen LogP contribution in [0.4, 0.5) is 0 Å². The van der Waals surface area contributed by atoms with E-state index in [4.69, 9.17) is 4.74 Å². The van der Waals surface area contributed by atoms with Gasteiger partial charge in [-0.2, -0.15) is 0 Å². The maximum atomic E-state index is 12.8. The standard InChI is InChI=1S/C23H25NO3/c1-13(2)17-10-19-21(11-18(17)14(3)4)24-20(12-22(19)25)15-6-8-16(9-7-15)23(26)27-5/h6-14H,1-5H3,(H,24,25). The summed E-state index contributed by atoms with van der Waals surface area (Å²) in [5, 5.41) is 0.707. The van der Waals surface area contributed by atoms with Crippen LogP contribution in [0.2, 0.25) is 0 Å². The van der Waals surface area contributed by atoms with E-state index >= 15 is 0 Å². The first-order chi connectivity index (χ1) is 12.8. The minimum absolute atomic E-state index is 0.00648. The second kappa shape index (κ2) is 7.39. The Morgan fingerprint density at radius 1 is 0.926 bits per heavy atom. The highest BCUT2D eigenvalue weighted by Crippen LogP contribution is 2.30. The highest BCUT2D eigenvalue weighted by Gasteiger charge is 2.14. The molecule has 0 fully saturated rings. The van der Waals surface area contributed by atoms with Crippen molar-refractivity contribution in [3.8, 4) is 11.3 Å². The second-order valence-electron chi connectivity index (χ2n) is 7.45. The number of esters is 1. The molecule has 0 aliphatic heterocycles. The van der Waals surface area contributed by atoms with Crippen molar-refractivity contribution in [3.05, 3.63) is 69.4 Å². The Bertz CT molecular complexity index is 1040. The molecule has 3 rings (SSSR count). The summed E-state index contributed by atoms with van der Waals surface area (Å²) in [7, 11) is 1.36. The number of fused-ring (bicyclic) bond motifs is 1. The first-order valence-corrected chi connectivity index (χ1v) is 9.21. The molecule has 0 aliphatic rings. The van der Waals surface area contributed by atoms with E-state index in [0.717, 1.165) is 16.8 Å². The molecule has 1 aromatic heterocycles. The number of hydrogen-bond donors (Lipinski definition) is 1. The summed E-state index contributed by atoms with van der Waals surface area (Å²) < 4.78 is 4.73. The third-order valence-electron chi connectivity index (χ3n) is 4.89. The Balaban J connectivity index is 2.15. The van der Waals surface area contributed by atoms with E-state index in [9.17, 15) is 9.59 Å². The van der Waals surface area contributed by atoms with E-state index < -0.39 is 0 Å². The first-order valence-electron chi connectivity index (χ1n) is 9.21. The molecule has 0 amide bonds. The molecular formula is C23H25NO3. The van der Waals surface area contributed by atoms with Gasteiger partial charge in [0.25, 0.3) is 0 Å². The Morgan fingerprint density at radius 2 is 1.52 bits per heavy atom. The van der Waals surface area contributed by atoms with E-state index in [2.05, 4.69) is 38.7 Å². The fraction of sp³-hybridized carbons (Fsp3) is 0.304. The first kappa shape index (κ1) is 18.9. The lowest BCUT2D eigenvalue weighted by Crippen LogP contribution is -2.07. The number of nitrogens with one attached hydrogen (secondary N) is 1. The molecular weight excluding hydrogens is 338 g/mol. The number of carbonyl (C=O) groups is 1. The van der Waals surface area contributed by atoms with Crippen LogP contribution in [0.25, 0.3) is 22.2 Å². The summed E-state index contributed by atoms with van der Waals surface area (Å²) in [4.78, 5) is 27.7.